The molecule has 17 heavy (non-hydrogen) atoms. The van der Waals surface area contributed by atoms with Gasteiger partial charge in [-0.05, 0) is 41.5 Å². The third-order valence-corrected chi connectivity index (χ3v) is 3.47. The molecule has 0 radical (unpaired) electrons. The number of carbonyl (C=O) groups excluding carboxylic acids is 1. The van der Waals surface area contributed by atoms with E-state index >= 15 is 0 Å². The van der Waals surface area contributed by atoms with Crippen LogP contribution in [0.5, 0.6) is 0 Å². The summed E-state index contributed by atoms with van der Waals surface area (Å²) in [6.07, 6.45) is 0. The fraction of sp³-hybridized carbons (Fsp3) is 0.273. The smallest absolute Gasteiger partial charge is 0.337 e. The first-order valence-electron chi connectivity index (χ1n) is 5.02. The van der Waals surface area contributed by atoms with Gasteiger partial charge in [0, 0.05) is 5.70 Å². The van der Waals surface area contributed by atoms with Gasteiger partial charge in [-0.2, -0.15) is 11.3 Å². The van der Waals surface area contributed by atoms with Crippen LogP contribution in [0, 0.1) is 0 Å². The van der Waals surface area contributed by atoms with E-state index in [4.69, 9.17) is 17.0 Å². The lowest BCUT2D eigenvalue weighted by atomic mass is 9.98. The Hall–Kier alpha value is -1.40. The highest BCUT2D eigenvalue weighted by Gasteiger charge is 2.30. The first kappa shape index (κ1) is 12.1. The van der Waals surface area contributed by atoms with Crippen molar-refractivity contribution in [1.29, 1.82) is 0 Å². The van der Waals surface area contributed by atoms with Crippen molar-refractivity contribution in [2.45, 2.75) is 13.0 Å². The second-order valence-corrected chi connectivity index (χ2v) is 4.81. The van der Waals surface area contributed by atoms with Crippen LogP contribution in [-0.4, -0.2) is 18.2 Å². The quantitative estimate of drug-likeness (QED) is 0.632. The van der Waals surface area contributed by atoms with Crippen molar-refractivity contribution in [3.8, 4) is 0 Å². The van der Waals surface area contributed by atoms with Crippen molar-refractivity contribution in [3.63, 3.8) is 0 Å². The molecular formula is C11H12N2O2S2. The van der Waals surface area contributed by atoms with Crippen LogP contribution in [0.1, 0.15) is 18.5 Å². The Morgan fingerprint density at radius 3 is 2.94 bits per heavy atom. The molecule has 0 aromatic carbocycles. The summed E-state index contributed by atoms with van der Waals surface area (Å²) in [7, 11) is 1.38. The maximum absolute atomic E-state index is 11.8. The first-order valence-corrected chi connectivity index (χ1v) is 6.37. The molecular weight excluding hydrogens is 256 g/mol. The molecule has 0 saturated heterocycles. The van der Waals surface area contributed by atoms with Gasteiger partial charge < -0.3 is 15.4 Å². The van der Waals surface area contributed by atoms with Crippen LogP contribution in [0.4, 0.5) is 0 Å². The van der Waals surface area contributed by atoms with E-state index < -0.39 is 0 Å². The largest absolute Gasteiger partial charge is 0.466 e. The third-order valence-electron chi connectivity index (χ3n) is 2.55. The zero-order valence-corrected chi connectivity index (χ0v) is 11.1. The molecule has 0 amide bonds. The lowest BCUT2D eigenvalue weighted by molar-refractivity contribution is -0.136. The fourth-order valence-corrected chi connectivity index (χ4v) is 2.72. The molecule has 0 bridgehead atoms. The molecule has 1 atom stereocenters. The SMILES string of the molecule is COC(=O)C1=C(C)NC(=S)NC1c1ccsc1. The average Bonchev–Trinajstić information content (AvgIpc) is 2.80. The number of rotatable bonds is 2. The van der Waals surface area contributed by atoms with E-state index in [0.29, 0.717) is 10.7 Å². The summed E-state index contributed by atoms with van der Waals surface area (Å²) < 4.78 is 4.81. The number of hydrogen-bond donors (Lipinski definition) is 2. The molecule has 1 aromatic heterocycles. The molecule has 6 heteroatoms. The van der Waals surface area contributed by atoms with Crippen molar-refractivity contribution < 1.29 is 9.53 Å². The minimum atomic E-state index is -0.346. The highest BCUT2D eigenvalue weighted by atomic mass is 32.1. The van der Waals surface area contributed by atoms with Crippen molar-refractivity contribution >= 4 is 34.6 Å². The van der Waals surface area contributed by atoms with Gasteiger partial charge in [-0.1, -0.05) is 0 Å². The molecule has 0 aliphatic carbocycles. The van der Waals surface area contributed by atoms with Crippen molar-refractivity contribution in [1.82, 2.24) is 10.6 Å². The Morgan fingerprint density at radius 1 is 1.59 bits per heavy atom. The topological polar surface area (TPSA) is 50.4 Å². The minimum absolute atomic E-state index is 0.234. The van der Waals surface area contributed by atoms with Crippen LogP contribution in [0.15, 0.2) is 28.1 Å². The average molecular weight is 268 g/mol. The van der Waals surface area contributed by atoms with E-state index in [2.05, 4.69) is 10.6 Å². The predicted molar refractivity (Wildman–Crippen MR) is 70.6 cm³/mol. The predicted octanol–water partition coefficient (Wildman–Crippen LogP) is 1.71. The van der Waals surface area contributed by atoms with Crippen molar-refractivity contribution in [3.05, 3.63) is 33.7 Å². The van der Waals surface area contributed by atoms with Gasteiger partial charge in [0.25, 0.3) is 0 Å². The number of thiophene rings is 1. The molecule has 90 valence electrons. The highest BCUT2D eigenvalue weighted by molar-refractivity contribution is 7.80. The second-order valence-electron chi connectivity index (χ2n) is 3.62. The summed E-state index contributed by atoms with van der Waals surface area (Å²) >= 11 is 6.68. The number of hydrogen-bond acceptors (Lipinski definition) is 4. The zero-order chi connectivity index (χ0) is 12.4. The molecule has 2 heterocycles. The summed E-state index contributed by atoms with van der Waals surface area (Å²) in [5.41, 5.74) is 2.31. The standard InChI is InChI=1S/C11H12N2O2S2/c1-6-8(10(14)15-2)9(13-11(16)12-6)7-3-4-17-5-7/h3-5,9H,1-2H3,(H2,12,13,16). The van der Waals surface area contributed by atoms with Gasteiger partial charge in [-0.3, -0.25) is 0 Å². The molecule has 4 nitrogen and oxygen atoms in total. The Morgan fingerprint density at radius 2 is 2.35 bits per heavy atom. The monoisotopic (exact) mass is 268 g/mol. The lowest BCUT2D eigenvalue weighted by Crippen LogP contribution is -2.44. The van der Waals surface area contributed by atoms with E-state index in [-0.39, 0.29) is 12.0 Å². The van der Waals surface area contributed by atoms with Gasteiger partial charge in [-0.15, -0.1) is 0 Å². The van der Waals surface area contributed by atoms with E-state index in [9.17, 15) is 4.79 Å². The van der Waals surface area contributed by atoms with E-state index in [1.54, 1.807) is 11.3 Å². The number of esters is 1. The number of ether oxygens (including phenoxy) is 1. The number of nitrogens with one attached hydrogen (secondary N) is 2. The highest BCUT2D eigenvalue weighted by Crippen LogP contribution is 2.28. The van der Waals surface area contributed by atoms with Crippen LogP contribution in [-0.2, 0) is 9.53 Å². The number of carbonyl (C=O) groups is 1. The van der Waals surface area contributed by atoms with Crippen LogP contribution < -0.4 is 10.6 Å². The summed E-state index contributed by atoms with van der Waals surface area (Å²) in [6, 6.07) is 1.73. The van der Waals surface area contributed by atoms with Gasteiger partial charge in [0.05, 0.1) is 18.7 Å². The van der Waals surface area contributed by atoms with Crippen LogP contribution in [0.3, 0.4) is 0 Å². The normalized spacial score (nSPS) is 19.6. The Balaban J connectivity index is 2.44. The summed E-state index contributed by atoms with van der Waals surface area (Å²) in [6.45, 7) is 1.82. The second kappa shape index (κ2) is 4.85. The van der Waals surface area contributed by atoms with Crippen LogP contribution in [0.2, 0.25) is 0 Å². The molecule has 2 rings (SSSR count). The molecule has 0 saturated carbocycles. The van der Waals surface area contributed by atoms with Gasteiger partial charge in [-0.25, -0.2) is 4.79 Å². The maximum atomic E-state index is 11.8. The first-order chi connectivity index (χ1) is 8.13. The Labute approximate surface area is 109 Å². The van der Waals surface area contributed by atoms with Crippen LogP contribution >= 0.6 is 23.6 Å². The van der Waals surface area contributed by atoms with E-state index in [1.165, 1.54) is 7.11 Å². The Kier molecular flexibility index (Phi) is 3.44. The van der Waals surface area contributed by atoms with Gasteiger partial charge in [0.1, 0.15) is 0 Å². The zero-order valence-electron chi connectivity index (χ0n) is 9.44. The molecule has 1 aromatic rings. The van der Waals surface area contributed by atoms with Gasteiger partial charge >= 0.3 is 5.97 Å². The number of methoxy groups -OCH3 is 1. The summed E-state index contributed by atoms with van der Waals surface area (Å²) in [4.78, 5) is 11.8. The van der Waals surface area contributed by atoms with Crippen LogP contribution in [0.25, 0.3) is 0 Å². The third kappa shape index (κ3) is 2.32. The number of allylic oxidation sites excluding steroid dienone is 1. The molecule has 0 spiro atoms. The molecule has 1 aliphatic rings. The summed E-state index contributed by atoms with van der Waals surface area (Å²) in [5.74, 6) is -0.346. The molecule has 1 aliphatic heterocycles. The maximum Gasteiger partial charge on any atom is 0.337 e. The molecule has 1 unspecified atom stereocenters. The molecule has 2 N–H and O–H groups in total. The number of thiocarbonyl (C=S) groups is 1. The lowest BCUT2D eigenvalue weighted by Gasteiger charge is -2.28. The molecule has 0 fully saturated rings. The minimum Gasteiger partial charge on any atom is -0.466 e. The fourth-order valence-electron chi connectivity index (χ4n) is 1.76. The van der Waals surface area contributed by atoms with Crippen molar-refractivity contribution in [2.75, 3.05) is 7.11 Å². The van der Waals surface area contributed by atoms with Crippen molar-refractivity contribution in [2.24, 2.45) is 0 Å². The van der Waals surface area contributed by atoms with E-state index in [1.807, 2.05) is 23.8 Å². The van der Waals surface area contributed by atoms with Gasteiger partial charge in [0.15, 0.2) is 5.11 Å². The van der Waals surface area contributed by atoms with E-state index in [0.717, 1.165) is 11.3 Å². The Bertz CT molecular complexity index is 480. The van der Waals surface area contributed by atoms with Gasteiger partial charge in [0.2, 0.25) is 0 Å². The summed E-state index contributed by atoms with van der Waals surface area (Å²) in [5, 5.41) is 10.5.